The molecule has 110 valence electrons. The number of carbonyl (C=O) groups excluding carboxylic acids is 1. The molecule has 1 aromatic carbocycles. The molecule has 1 unspecified atom stereocenters. The van der Waals surface area contributed by atoms with Crippen molar-refractivity contribution in [3.63, 3.8) is 0 Å². The summed E-state index contributed by atoms with van der Waals surface area (Å²) in [6.45, 7) is 5.66. The number of carboxylic acid groups (broad SMARTS) is 1. The van der Waals surface area contributed by atoms with Gasteiger partial charge in [0.2, 0.25) is 0 Å². The molecule has 1 amide bonds. The Bertz CT molecular complexity index is 674. The molecule has 0 aliphatic carbocycles. The highest BCUT2D eigenvalue weighted by molar-refractivity contribution is 7.09. The highest BCUT2D eigenvalue weighted by atomic mass is 32.1. The van der Waals surface area contributed by atoms with E-state index in [1.807, 2.05) is 32.0 Å². The lowest BCUT2D eigenvalue weighted by molar-refractivity contribution is 0.0691. The molecule has 0 spiro atoms. The summed E-state index contributed by atoms with van der Waals surface area (Å²) in [5.41, 5.74) is 2.64. The van der Waals surface area contributed by atoms with E-state index in [2.05, 4.69) is 10.3 Å². The molecule has 2 N–H and O–H groups in total. The van der Waals surface area contributed by atoms with E-state index in [0.717, 1.165) is 11.1 Å². The maximum absolute atomic E-state index is 12.2. The fourth-order valence-electron chi connectivity index (χ4n) is 2.03. The van der Waals surface area contributed by atoms with Crippen LogP contribution < -0.4 is 5.32 Å². The van der Waals surface area contributed by atoms with Crippen LogP contribution in [0.2, 0.25) is 0 Å². The average molecular weight is 304 g/mol. The van der Waals surface area contributed by atoms with Crippen LogP contribution in [0.1, 0.15) is 49.9 Å². The molecule has 0 fully saturated rings. The first-order chi connectivity index (χ1) is 9.86. The van der Waals surface area contributed by atoms with Crippen LogP contribution in [0.4, 0.5) is 0 Å². The van der Waals surface area contributed by atoms with Gasteiger partial charge in [0.1, 0.15) is 5.01 Å². The normalized spacial score (nSPS) is 12.0. The molecule has 0 bridgehead atoms. The summed E-state index contributed by atoms with van der Waals surface area (Å²) in [5.74, 6) is -1.26. The molecule has 21 heavy (non-hydrogen) atoms. The Balaban J connectivity index is 2.12. The number of aromatic carboxylic acids is 1. The Morgan fingerprint density at radius 3 is 2.38 bits per heavy atom. The van der Waals surface area contributed by atoms with Gasteiger partial charge in [0.25, 0.3) is 5.91 Å². The number of rotatable bonds is 4. The van der Waals surface area contributed by atoms with Crippen LogP contribution in [-0.4, -0.2) is 22.0 Å². The fraction of sp³-hybridized carbons (Fsp3) is 0.267. The van der Waals surface area contributed by atoms with Crippen LogP contribution in [0.15, 0.2) is 23.6 Å². The van der Waals surface area contributed by atoms with Gasteiger partial charge in [0.05, 0.1) is 6.04 Å². The lowest BCUT2D eigenvalue weighted by Gasteiger charge is -2.12. The molecule has 0 aliphatic heterocycles. The average Bonchev–Trinajstić information content (AvgIpc) is 2.87. The molecular formula is C15H16N2O3S. The molecule has 0 radical (unpaired) electrons. The summed E-state index contributed by atoms with van der Waals surface area (Å²) >= 11 is 1.22. The summed E-state index contributed by atoms with van der Waals surface area (Å²) in [5, 5.41) is 13.7. The number of aromatic nitrogens is 1. The van der Waals surface area contributed by atoms with Crippen LogP contribution in [0.3, 0.4) is 0 Å². The van der Waals surface area contributed by atoms with E-state index in [1.54, 1.807) is 6.92 Å². The molecular weight excluding hydrogens is 288 g/mol. The van der Waals surface area contributed by atoms with Gasteiger partial charge in [-0.05, 0) is 32.9 Å². The van der Waals surface area contributed by atoms with Gasteiger partial charge in [-0.3, -0.25) is 4.79 Å². The number of carboxylic acids is 1. The van der Waals surface area contributed by atoms with E-state index in [1.165, 1.54) is 16.7 Å². The van der Waals surface area contributed by atoms with Gasteiger partial charge >= 0.3 is 5.97 Å². The lowest BCUT2D eigenvalue weighted by atomic mass is 10.1. The van der Waals surface area contributed by atoms with Crippen molar-refractivity contribution in [1.29, 1.82) is 0 Å². The number of nitrogens with one attached hydrogen (secondary N) is 1. The monoisotopic (exact) mass is 304 g/mol. The molecule has 5 nitrogen and oxygen atoms in total. The van der Waals surface area contributed by atoms with Gasteiger partial charge in [-0.15, -0.1) is 11.3 Å². The second kappa shape index (κ2) is 6.05. The molecule has 1 heterocycles. The maximum Gasteiger partial charge on any atom is 0.355 e. The molecule has 1 aromatic heterocycles. The van der Waals surface area contributed by atoms with Crippen molar-refractivity contribution in [2.24, 2.45) is 0 Å². The first-order valence-corrected chi connectivity index (χ1v) is 7.32. The number of hydrogen-bond donors (Lipinski definition) is 2. The quantitative estimate of drug-likeness (QED) is 0.910. The van der Waals surface area contributed by atoms with Crippen LogP contribution in [0.5, 0.6) is 0 Å². The third kappa shape index (κ3) is 3.66. The van der Waals surface area contributed by atoms with Gasteiger partial charge < -0.3 is 10.4 Å². The molecule has 2 rings (SSSR count). The van der Waals surface area contributed by atoms with Crippen LogP contribution in [-0.2, 0) is 0 Å². The molecule has 0 aliphatic rings. The van der Waals surface area contributed by atoms with Crippen molar-refractivity contribution in [3.8, 4) is 0 Å². The second-order valence-electron chi connectivity index (χ2n) is 4.95. The first-order valence-electron chi connectivity index (χ1n) is 6.44. The van der Waals surface area contributed by atoms with E-state index >= 15 is 0 Å². The third-order valence-corrected chi connectivity index (χ3v) is 3.97. The zero-order chi connectivity index (χ0) is 15.6. The Labute approximate surface area is 126 Å². The Hall–Kier alpha value is -2.21. The van der Waals surface area contributed by atoms with Gasteiger partial charge in [0.15, 0.2) is 5.69 Å². The second-order valence-corrected chi connectivity index (χ2v) is 5.84. The SMILES string of the molecule is Cc1cc(C)cc(C(=O)NC(C)c2nc(C(=O)O)cs2)c1. The number of nitrogens with zero attached hydrogens (tertiary/aromatic N) is 1. The number of thiazole rings is 1. The molecule has 6 heteroatoms. The van der Waals surface area contributed by atoms with E-state index in [0.29, 0.717) is 10.6 Å². The number of hydrogen-bond acceptors (Lipinski definition) is 4. The number of benzene rings is 1. The fourth-order valence-corrected chi connectivity index (χ4v) is 2.83. The van der Waals surface area contributed by atoms with Gasteiger partial charge in [-0.25, -0.2) is 9.78 Å². The minimum absolute atomic E-state index is 0.00231. The van der Waals surface area contributed by atoms with Crippen LogP contribution in [0, 0.1) is 13.8 Å². The predicted octanol–water partition coefficient (Wildman–Crippen LogP) is 2.95. The molecule has 0 saturated carbocycles. The number of carbonyl (C=O) groups is 2. The topological polar surface area (TPSA) is 79.3 Å². The number of amides is 1. The van der Waals surface area contributed by atoms with E-state index in [4.69, 9.17) is 5.11 Å². The maximum atomic E-state index is 12.2. The first kappa shape index (κ1) is 15.2. The minimum Gasteiger partial charge on any atom is -0.476 e. The summed E-state index contributed by atoms with van der Waals surface area (Å²) in [6, 6.07) is 5.30. The van der Waals surface area contributed by atoms with Crippen molar-refractivity contribution in [1.82, 2.24) is 10.3 Å². The van der Waals surface area contributed by atoms with Gasteiger partial charge in [-0.2, -0.15) is 0 Å². The van der Waals surface area contributed by atoms with Crippen molar-refractivity contribution in [3.05, 3.63) is 51.0 Å². The molecule has 1 atom stereocenters. The van der Waals surface area contributed by atoms with Crippen molar-refractivity contribution in [2.45, 2.75) is 26.8 Å². The van der Waals surface area contributed by atoms with E-state index in [9.17, 15) is 9.59 Å². The van der Waals surface area contributed by atoms with Gasteiger partial charge in [0, 0.05) is 10.9 Å². The Morgan fingerprint density at radius 2 is 1.86 bits per heavy atom. The smallest absolute Gasteiger partial charge is 0.355 e. The van der Waals surface area contributed by atoms with Gasteiger partial charge in [-0.1, -0.05) is 17.2 Å². The van der Waals surface area contributed by atoms with Crippen LogP contribution >= 0.6 is 11.3 Å². The van der Waals surface area contributed by atoms with Crippen molar-refractivity contribution < 1.29 is 14.7 Å². The van der Waals surface area contributed by atoms with E-state index in [-0.39, 0.29) is 17.6 Å². The number of aryl methyl sites for hydroxylation is 2. The standard InChI is InChI=1S/C15H16N2O3S/c1-8-4-9(2)6-11(5-8)13(18)16-10(3)14-17-12(7-21-14)15(19)20/h4-7,10H,1-3H3,(H,16,18)(H,19,20). The zero-order valence-corrected chi connectivity index (χ0v) is 12.8. The highest BCUT2D eigenvalue weighted by Gasteiger charge is 2.17. The Morgan fingerprint density at radius 1 is 1.24 bits per heavy atom. The summed E-state index contributed by atoms with van der Waals surface area (Å²) in [4.78, 5) is 27.0. The predicted molar refractivity (Wildman–Crippen MR) is 80.9 cm³/mol. The van der Waals surface area contributed by atoms with E-state index < -0.39 is 5.97 Å². The summed E-state index contributed by atoms with van der Waals surface area (Å²) in [7, 11) is 0. The molecule has 2 aromatic rings. The lowest BCUT2D eigenvalue weighted by Crippen LogP contribution is -2.26. The van der Waals surface area contributed by atoms with Crippen molar-refractivity contribution >= 4 is 23.2 Å². The zero-order valence-electron chi connectivity index (χ0n) is 12.0. The Kier molecular flexibility index (Phi) is 4.37. The summed E-state index contributed by atoms with van der Waals surface area (Å²) in [6.07, 6.45) is 0. The van der Waals surface area contributed by atoms with Crippen LogP contribution in [0.25, 0.3) is 0 Å². The summed E-state index contributed by atoms with van der Waals surface area (Å²) < 4.78 is 0. The molecule has 0 saturated heterocycles. The largest absolute Gasteiger partial charge is 0.476 e. The third-order valence-electron chi connectivity index (χ3n) is 2.94. The van der Waals surface area contributed by atoms with Crippen molar-refractivity contribution in [2.75, 3.05) is 0 Å². The highest BCUT2D eigenvalue weighted by Crippen LogP contribution is 2.19. The minimum atomic E-state index is -1.06.